The molecule has 0 aliphatic carbocycles. The summed E-state index contributed by atoms with van der Waals surface area (Å²) in [5, 5.41) is 10.4. The monoisotopic (exact) mass is 410 g/mol. The zero-order chi connectivity index (χ0) is 21.1. The lowest BCUT2D eigenvalue weighted by atomic mass is 10.1. The van der Waals surface area contributed by atoms with Crippen molar-refractivity contribution in [3.8, 4) is 17.0 Å². The number of carbonyl (C=O) groups is 1. The highest BCUT2D eigenvalue weighted by atomic mass is 16.6. The van der Waals surface area contributed by atoms with Gasteiger partial charge in [-0.25, -0.2) is 4.79 Å². The largest absolute Gasteiger partial charge is 0.490 e. The van der Waals surface area contributed by atoms with Crippen molar-refractivity contribution in [2.75, 3.05) is 38.4 Å². The fraction of sp³-hybridized carbons (Fsp3) is 0.273. The second kappa shape index (κ2) is 8.56. The maximum absolute atomic E-state index is 12.8. The van der Waals surface area contributed by atoms with E-state index in [1.807, 2.05) is 30.3 Å². The average molecular weight is 410 g/mol. The number of para-hydroxylation sites is 1. The van der Waals surface area contributed by atoms with E-state index in [0.717, 1.165) is 10.9 Å². The molecule has 1 aliphatic heterocycles. The molecule has 156 valence electrons. The number of H-pyrrole nitrogens is 1. The van der Waals surface area contributed by atoms with Crippen LogP contribution in [0.1, 0.15) is 0 Å². The van der Waals surface area contributed by atoms with Crippen LogP contribution in [0.25, 0.3) is 22.0 Å². The molecule has 1 aliphatic rings. The van der Waals surface area contributed by atoms with Gasteiger partial charge in [-0.2, -0.15) is 0 Å². The minimum Gasteiger partial charge on any atom is -0.490 e. The van der Waals surface area contributed by atoms with Gasteiger partial charge in [0.1, 0.15) is 18.5 Å². The quantitative estimate of drug-likeness (QED) is 0.581. The van der Waals surface area contributed by atoms with Crippen LogP contribution in [0.5, 0.6) is 5.75 Å². The maximum atomic E-state index is 12.8. The van der Waals surface area contributed by atoms with Gasteiger partial charge in [0.15, 0.2) is 0 Å². The minimum absolute atomic E-state index is 0.239. The number of carbonyl (C=O) groups excluding carboxylic acids is 1. The Hall–Kier alpha value is -3.36. The van der Waals surface area contributed by atoms with Gasteiger partial charge in [0.25, 0.3) is 5.56 Å². The van der Waals surface area contributed by atoms with Gasteiger partial charge < -0.3 is 24.3 Å². The third kappa shape index (κ3) is 3.87. The third-order valence-electron chi connectivity index (χ3n) is 4.94. The van der Waals surface area contributed by atoms with Crippen LogP contribution in [0.2, 0.25) is 0 Å². The lowest BCUT2D eigenvalue weighted by molar-refractivity contribution is 0.0963. The number of hydrogen-bond acceptors (Lipinski definition) is 6. The van der Waals surface area contributed by atoms with Gasteiger partial charge >= 0.3 is 6.09 Å². The number of rotatable bonds is 7. The van der Waals surface area contributed by atoms with Crippen LogP contribution in [-0.4, -0.2) is 55.8 Å². The molecular formula is C22H22N2O6. The number of fused-ring (bicyclic) bond motifs is 1. The molecule has 30 heavy (non-hydrogen) atoms. The van der Waals surface area contributed by atoms with E-state index in [2.05, 4.69) is 4.98 Å². The molecule has 0 bridgehead atoms. The first-order valence-electron chi connectivity index (χ1n) is 9.58. The third-order valence-corrected chi connectivity index (χ3v) is 4.94. The number of aromatic amines is 1. The van der Waals surface area contributed by atoms with E-state index in [1.165, 1.54) is 4.90 Å². The first-order valence-corrected chi connectivity index (χ1v) is 9.58. The summed E-state index contributed by atoms with van der Waals surface area (Å²) in [5.74, 6) is 0.649. The van der Waals surface area contributed by atoms with E-state index >= 15 is 0 Å². The van der Waals surface area contributed by atoms with Crippen molar-refractivity contribution in [1.82, 2.24) is 4.98 Å². The number of methoxy groups -OCH3 is 1. The molecular weight excluding hydrogens is 388 g/mol. The first kappa shape index (κ1) is 19.9. The van der Waals surface area contributed by atoms with Crippen LogP contribution >= 0.6 is 0 Å². The van der Waals surface area contributed by atoms with Crippen molar-refractivity contribution in [2.24, 2.45) is 0 Å². The molecule has 1 atom stereocenters. The maximum Gasteiger partial charge on any atom is 0.414 e. The average Bonchev–Trinajstić information content (AvgIpc) is 3.15. The van der Waals surface area contributed by atoms with Crippen molar-refractivity contribution in [3.05, 3.63) is 58.9 Å². The number of hydrogen-bond donors (Lipinski definition) is 2. The normalized spacial score (nSPS) is 16.1. The highest BCUT2D eigenvalue weighted by Crippen LogP contribution is 2.31. The summed E-state index contributed by atoms with van der Waals surface area (Å²) in [5.41, 5.74) is 1.67. The molecule has 1 saturated heterocycles. The molecule has 1 unspecified atom stereocenters. The summed E-state index contributed by atoms with van der Waals surface area (Å²) >= 11 is 0. The summed E-state index contributed by atoms with van der Waals surface area (Å²) in [4.78, 5) is 29.2. The predicted molar refractivity (Wildman–Crippen MR) is 112 cm³/mol. The summed E-state index contributed by atoms with van der Waals surface area (Å²) in [6.07, 6.45) is -1.10. The SMILES string of the molecule is COCCOc1ccccc1-c1cc2ccc(N3CC(CO)OC3=O)cc2c(=O)[nH]1. The van der Waals surface area contributed by atoms with Crippen molar-refractivity contribution in [1.29, 1.82) is 0 Å². The van der Waals surface area contributed by atoms with Gasteiger partial charge in [0, 0.05) is 23.7 Å². The number of aliphatic hydroxyl groups is 1. The number of anilines is 1. The summed E-state index contributed by atoms with van der Waals surface area (Å²) in [7, 11) is 1.61. The molecule has 3 aromatic rings. The Morgan fingerprint density at radius 2 is 2.00 bits per heavy atom. The number of aliphatic hydroxyl groups excluding tert-OH is 1. The van der Waals surface area contributed by atoms with Crippen LogP contribution in [0.3, 0.4) is 0 Å². The molecule has 1 amide bonds. The van der Waals surface area contributed by atoms with E-state index in [-0.39, 0.29) is 18.7 Å². The minimum atomic E-state index is -0.566. The van der Waals surface area contributed by atoms with Crippen molar-refractivity contribution in [3.63, 3.8) is 0 Å². The second-order valence-electron chi connectivity index (χ2n) is 6.92. The molecule has 0 spiro atoms. The van der Waals surface area contributed by atoms with Gasteiger partial charge in [-0.3, -0.25) is 9.69 Å². The predicted octanol–water partition coefficient (Wildman–Crippen LogP) is 2.54. The fourth-order valence-corrected chi connectivity index (χ4v) is 3.44. The van der Waals surface area contributed by atoms with Gasteiger partial charge in [-0.05, 0) is 35.7 Å². The van der Waals surface area contributed by atoms with Crippen molar-refractivity contribution < 1.29 is 24.1 Å². The molecule has 2 N–H and O–H groups in total. The second-order valence-corrected chi connectivity index (χ2v) is 6.92. The molecule has 0 radical (unpaired) electrons. The molecule has 8 nitrogen and oxygen atoms in total. The molecule has 2 aromatic carbocycles. The van der Waals surface area contributed by atoms with Crippen LogP contribution < -0.4 is 15.2 Å². The standard InChI is InChI=1S/C22H22N2O6/c1-28-8-9-29-20-5-3-2-4-17(20)19-10-14-6-7-15(11-18(14)21(26)23-19)24-12-16(13-25)30-22(24)27/h2-7,10-11,16,25H,8-9,12-13H2,1H3,(H,23,26). The lowest BCUT2D eigenvalue weighted by Gasteiger charge is -2.14. The van der Waals surface area contributed by atoms with Crippen molar-refractivity contribution >= 4 is 22.6 Å². The van der Waals surface area contributed by atoms with E-state index in [0.29, 0.717) is 35.7 Å². The highest BCUT2D eigenvalue weighted by molar-refractivity contribution is 5.94. The molecule has 1 fully saturated rings. The van der Waals surface area contributed by atoms with E-state index in [4.69, 9.17) is 14.2 Å². The van der Waals surface area contributed by atoms with E-state index in [9.17, 15) is 14.7 Å². The summed E-state index contributed by atoms with van der Waals surface area (Å²) in [6.45, 7) is 0.853. The van der Waals surface area contributed by atoms with Crippen molar-refractivity contribution in [2.45, 2.75) is 6.10 Å². The molecule has 0 saturated carbocycles. The Bertz CT molecular complexity index is 1130. The molecule has 4 rings (SSSR count). The van der Waals surface area contributed by atoms with Gasteiger partial charge in [-0.1, -0.05) is 18.2 Å². The number of pyridine rings is 1. The number of nitrogens with one attached hydrogen (secondary N) is 1. The Morgan fingerprint density at radius 3 is 2.77 bits per heavy atom. The van der Waals surface area contributed by atoms with Crippen LogP contribution in [0.4, 0.5) is 10.5 Å². The first-order chi connectivity index (χ1) is 14.6. The van der Waals surface area contributed by atoms with Crippen LogP contribution in [0, 0.1) is 0 Å². The van der Waals surface area contributed by atoms with Gasteiger partial charge in [-0.15, -0.1) is 0 Å². The number of cyclic esters (lactones) is 1. The summed E-state index contributed by atoms with van der Waals surface area (Å²) < 4.78 is 15.9. The lowest BCUT2D eigenvalue weighted by Crippen LogP contribution is -2.25. The highest BCUT2D eigenvalue weighted by Gasteiger charge is 2.32. The molecule has 8 heteroatoms. The Kier molecular flexibility index (Phi) is 5.69. The zero-order valence-electron chi connectivity index (χ0n) is 16.5. The Morgan fingerprint density at radius 1 is 1.17 bits per heavy atom. The number of benzene rings is 2. The Balaban J connectivity index is 1.69. The zero-order valence-corrected chi connectivity index (χ0v) is 16.5. The number of aromatic nitrogens is 1. The molecule has 2 heterocycles. The smallest absolute Gasteiger partial charge is 0.414 e. The van der Waals surface area contributed by atoms with Gasteiger partial charge in [0.2, 0.25) is 0 Å². The number of nitrogens with zero attached hydrogens (tertiary/aromatic N) is 1. The van der Waals surface area contributed by atoms with Crippen LogP contribution in [-0.2, 0) is 9.47 Å². The number of amides is 1. The van der Waals surface area contributed by atoms with E-state index < -0.39 is 12.2 Å². The van der Waals surface area contributed by atoms with E-state index in [1.54, 1.807) is 25.3 Å². The molecule has 1 aromatic heterocycles. The Labute approximate surface area is 172 Å². The van der Waals surface area contributed by atoms with Crippen LogP contribution in [0.15, 0.2) is 53.3 Å². The van der Waals surface area contributed by atoms with Gasteiger partial charge in [0.05, 0.1) is 25.5 Å². The number of ether oxygens (including phenoxy) is 3. The fourth-order valence-electron chi connectivity index (χ4n) is 3.44. The topological polar surface area (TPSA) is 101 Å². The summed E-state index contributed by atoms with van der Waals surface area (Å²) in [6, 6.07) is 14.5.